The molecule has 0 aliphatic carbocycles. The number of thiol groups is 3. The third-order valence-corrected chi connectivity index (χ3v) is 22.7. The Kier molecular flexibility index (Phi) is 44.0. The van der Waals surface area contributed by atoms with E-state index in [1.165, 1.54) is 47.1 Å². The highest BCUT2D eigenvalue weighted by Gasteiger charge is 2.23. The topological polar surface area (TPSA) is 165 Å². The fraction of sp³-hybridized carbons (Fsp3) is 0.516. The van der Waals surface area contributed by atoms with Crippen LogP contribution in [0.25, 0.3) is 0 Å². The predicted octanol–water partition coefficient (Wildman–Crippen LogP) is 20.6. The third-order valence-electron chi connectivity index (χ3n) is 12.9. The van der Waals surface area contributed by atoms with Gasteiger partial charge in [-0.05, 0) is 142 Å². The number of carboxylic acids is 1. The first-order chi connectivity index (χ1) is 40.3. The van der Waals surface area contributed by atoms with Gasteiger partial charge in [-0.2, -0.15) is 5.10 Å². The molecule has 0 bridgehead atoms. The second kappa shape index (κ2) is 46.5. The Bertz CT molecular complexity index is 2650. The van der Waals surface area contributed by atoms with Crippen molar-refractivity contribution in [3.05, 3.63) is 106 Å². The summed E-state index contributed by atoms with van der Waals surface area (Å²) in [6.45, 7) is 27.2. The molecule has 6 rings (SSSR count). The minimum Gasteiger partial charge on any atom is -0.508 e. The summed E-state index contributed by atoms with van der Waals surface area (Å²) in [4.78, 5) is 44.3. The number of aromatic amines is 1. The zero-order valence-corrected chi connectivity index (χ0v) is 61.4. The molecule has 0 aliphatic heterocycles. The molecule has 23 heteroatoms. The Morgan fingerprint density at radius 1 is 0.553 bits per heavy atom. The summed E-state index contributed by atoms with van der Waals surface area (Å²) in [7, 11) is 0. The molecule has 2 aromatic carbocycles. The van der Waals surface area contributed by atoms with Crippen LogP contribution in [0.1, 0.15) is 157 Å². The summed E-state index contributed by atoms with van der Waals surface area (Å²) < 4.78 is 23.9. The number of thioether (sulfide) groups is 4. The van der Waals surface area contributed by atoms with Gasteiger partial charge in [-0.1, -0.05) is 136 Å². The lowest BCUT2D eigenvalue weighted by molar-refractivity contribution is -0.148. The zero-order chi connectivity index (χ0) is 63.9. The van der Waals surface area contributed by atoms with Gasteiger partial charge in [0.05, 0.1) is 48.4 Å². The molecule has 6 aromatic rings. The number of hydrogen-bond acceptors (Lipinski definition) is 21. The number of thiophene rings is 3. The number of nitrogens with one attached hydrogen (secondary N) is 1. The Hall–Kier alpha value is -2.55. The van der Waals surface area contributed by atoms with Gasteiger partial charge in [-0.15, -0.1) is 107 Å². The summed E-state index contributed by atoms with van der Waals surface area (Å²) in [6.07, 6.45) is 5.51. The van der Waals surface area contributed by atoms with Crippen LogP contribution in [0, 0.1) is 27.1 Å². The highest BCUT2D eigenvalue weighted by atomic mass is 32.2. The van der Waals surface area contributed by atoms with Crippen LogP contribution in [-0.2, 0) is 39.1 Å². The van der Waals surface area contributed by atoms with E-state index in [0.29, 0.717) is 43.8 Å². The van der Waals surface area contributed by atoms with Crippen molar-refractivity contribution in [1.82, 2.24) is 10.2 Å². The molecule has 4 heterocycles. The number of aliphatic carboxylic acids is 1. The second-order valence-electron chi connectivity index (χ2n) is 19.9. The van der Waals surface area contributed by atoms with Gasteiger partial charge in [0, 0.05) is 23.0 Å². The van der Waals surface area contributed by atoms with Crippen molar-refractivity contribution in [2.75, 3.05) is 37.1 Å². The molecule has 5 unspecified atom stereocenters. The quantitative estimate of drug-likeness (QED) is 0.00720. The number of hydrogen-bond donors (Lipinski definition) is 6. The molecule has 0 radical (unpaired) electrons. The second-order valence-corrected chi connectivity index (χ2v) is 32.6. The van der Waals surface area contributed by atoms with E-state index < -0.39 is 11.4 Å². The lowest BCUT2D eigenvalue weighted by Crippen LogP contribution is -2.21. The van der Waals surface area contributed by atoms with Crippen LogP contribution >= 0.6 is 142 Å². The maximum Gasteiger partial charge on any atom is 0.309 e. The van der Waals surface area contributed by atoms with Gasteiger partial charge < -0.3 is 24.4 Å². The van der Waals surface area contributed by atoms with E-state index in [2.05, 4.69) is 100 Å². The lowest BCUT2D eigenvalue weighted by Gasteiger charge is -2.14. The number of carboxylic acid groups (broad SMARTS) is 1. The van der Waals surface area contributed by atoms with Gasteiger partial charge in [0.15, 0.2) is 8.29 Å². The molecule has 3 N–H and O–H groups in total. The average molecular weight is 1390 g/mol. The smallest absolute Gasteiger partial charge is 0.309 e. The highest BCUT2D eigenvalue weighted by Crippen LogP contribution is 2.32. The van der Waals surface area contributed by atoms with E-state index in [4.69, 9.17) is 36.6 Å². The normalized spacial score (nSPS) is 12.4. The van der Waals surface area contributed by atoms with Gasteiger partial charge in [0.1, 0.15) is 25.6 Å². The van der Waals surface area contributed by atoms with Gasteiger partial charge in [0.2, 0.25) is 0 Å². The average Bonchev–Trinajstić information content (AvgIpc) is 4.47. The Morgan fingerprint density at radius 2 is 0.906 bits per heavy atom. The van der Waals surface area contributed by atoms with E-state index in [1.54, 1.807) is 107 Å². The first kappa shape index (κ1) is 80.5. The molecule has 0 spiro atoms. The molecule has 0 amide bonds. The Labute approximate surface area is 562 Å². The molecule has 0 saturated carbocycles. The summed E-state index contributed by atoms with van der Waals surface area (Å²) in [5.41, 5.74) is 3.50. The molecule has 0 fully saturated rings. The number of phenols is 1. The van der Waals surface area contributed by atoms with Crippen LogP contribution in [0.3, 0.4) is 0 Å². The number of ether oxygens (including phenoxy) is 3. The fourth-order valence-corrected chi connectivity index (χ4v) is 14.7. The van der Waals surface area contributed by atoms with Crippen molar-refractivity contribution in [3.63, 3.8) is 0 Å². The largest absolute Gasteiger partial charge is 0.508 e. The standard InChI is InChI=1S/C13H16N2S3.3C11H16O2S3.C10H14O.C6H12O2/c1-3-9(2)11-6-4-10(5-7-11)8-17-13-15-14-12(16)18-13;3*1-3-8(2)11(12)13-6-7-15-10-5-4-9(14)16-10;1-3-8(2)9-4-6-10(11)7-5-9;1-4-6(2,3)5(7)8/h4-7,9H,3,8H2,1-2H3,(H,14,16);3*4-5,8,14H,3,6-7H2,1-2H3;4-8,11H,3H2,1-2H3;4H2,1-3H3,(H,7,8). The van der Waals surface area contributed by atoms with E-state index in [9.17, 15) is 19.2 Å². The van der Waals surface area contributed by atoms with Crippen LogP contribution < -0.4 is 0 Å². The first-order valence-electron chi connectivity index (χ1n) is 28.4. The van der Waals surface area contributed by atoms with Gasteiger partial charge in [-0.25, -0.2) is 0 Å². The molecule has 85 heavy (non-hydrogen) atoms. The number of aromatic hydroxyl groups is 1. The minimum atomic E-state index is -0.722. The number of rotatable bonds is 27. The van der Waals surface area contributed by atoms with Crippen LogP contribution in [-0.4, -0.2) is 81.4 Å². The molecule has 0 aliphatic rings. The molecule has 4 aromatic heterocycles. The number of H-pyrrole nitrogens is 1. The zero-order valence-electron chi connectivity index (χ0n) is 51.4. The maximum absolute atomic E-state index is 11.3. The predicted molar refractivity (Wildman–Crippen MR) is 379 cm³/mol. The van der Waals surface area contributed by atoms with Gasteiger partial charge in [0.25, 0.3) is 0 Å². The van der Waals surface area contributed by atoms with Crippen LogP contribution in [0.15, 0.2) is 115 Å². The van der Waals surface area contributed by atoms with Crippen molar-refractivity contribution < 1.29 is 43.6 Å². The van der Waals surface area contributed by atoms with E-state index >= 15 is 0 Å². The van der Waals surface area contributed by atoms with Crippen molar-refractivity contribution in [2.45, 2.75) is 176 Å². The number of aromatic nitrogens is 2. The molecule has 11 nitrogen and oxygen atoms in total. The van der Waals surface area contributed by atoms with Crippen molar-refractivity contribution in [1.29, 1.82) is 0 Å². The van der Waals surface area contributed by atoms with Gasteiger partial charge in [-0.3, -0.25) is 24.3 Å². The fourth-order valence-electron chi connectivity index (χ4n) is 5.74. The van der Waals surface area contributed by atoms with Gasteiger partial charge >= 0.3 is 23.9 Å². The summed E-state index contributed by atoms with van der Waals surface area (Å²) in [5.74, 6) is 3.95. The van der Waals surface area contributed by atoms with E-state index in [1.807, 2.05) is 97.0 Å². The number of nitrogens with zero attached hydrogens (tertiary/aromatic N) is 1. The Morgan fingerprint density at radius 3 is 1.16 bits per heavy atom. The molecule has 5 atom stereocenters. The van der Waals surface area contributed by atoms with Crippen LogP contribution in [0.5, 0.6) is 5.75 Å². The van der Waals surface area contributed by atoms with Crippen molar-refractivity contribution >= 4 is 166 Å². The SMILES string of the molecule is CCC(C)(C)C(=O)O.CCC(C)C(=O)OCCSc1ccc(S)s1.CCC(C)C(=O)OCCSc1ccc(S)s1.CCC(C)C(=O)OCCSc1ccc(S)s1.CCC(C)c1ccc(CSc2n[nH]c(=S)s2)cc1.CCC(C)c1ccc(O)cc1. The van der Waals surface area contributed by atoms with E-state index in [-0.39, 0.29) is 35.7 Å². The number of esters is 3. The third kappa shape index (κ3) is 36.6. The maximum atomic E-state index is 11.3. The highest BCUT2D eigenvalue weighted by molar-refractivity contribution is 8.02. The lowest BCUT2D eigenvalue weighted by atomic mass is 9.91. The van der Waals surface area contributed by atoms with E-state index in [0.717, 1.165) is 69.6 Å². The first-order valence-corrected chi connectivity index (χ1v) is 37.3. The summed E-state index contributed by atoms with van der Waals surface area (Å²) in [5, 5.41) is 24.4. The number of carbonyl (C=O) groups is 4. The number of phenolic OH excluding ortho intramolecular Hbond substituents is 1. The molecular formula is C62H90N2O9S12. The van der Waals surface area contributed by atoms with Crippen LogP contribution in [0.4, 0.5) is 0 Å². The summed E-state index contributed by atoms with van der Waals surface area (Å²) in [6, 6.07) is 28.3. The number of benzene rings is 2. The molecular weight excluding hydrogens is 1300 g/mol. The van der Waals surface area contributed by atoms with Crippen molar-refractivity contribution in [3.8, 4) is 5.75 Å². The summed E-state index contributed by atoms with van der Waals surface area (Å²) >= 11 is 31.0. The number of carbonyl (C=O) groups excluding carboxylic acids is 3. The molecule has 0 saturated heterocycles. The van der Waals surface area contributed by atoms with Crippen LogP contribution in [0.2, 0.25) is 0 Å². The molecule has 474 valence electrons. The monoisotopic (exact) mass is 1390 g/mol. The van der Waals surface area contributed by atoms with Crippen molar-refractivity contribution in [2.24, 2.45) is 23.2 Å². The minimum absolute atomic E-state index is 0.00998. The Balaban J connectivity index is 0.000000518.